The second-order valence-electron chi connectivity index (χ2n) is 12.3. The molecule has 2 saturated heterocycles. The highest BCUT2D eigenvalue weighted by atomic mass is 32.2. The Morgan fingerprint density at radius 1 is 1.17 bits per heavy atom. The number of nitrogens with zero attached hydrogens (tertiary/aromatic N) is 5. The van der Waals surface area contributed by atoms with Crippen molar-refractivity contribution in [3.8, 4) is 0 Å². The number of rotatable bonds is 10. The molecule has 1 aromatic heterocycles. The molecule has 1 spiro atoms. The molecule has 4 heterocycles. The Kier molecular flexibility index (Phi) is 8.54. The molecule has 228 valence electrons. The summed E-state index contributed by atoms with van der Waals surface area (Å²) in [6.07, 6.45) is 12.0. The highest BCUT2D eigenvalue weighted by Gasteiger charge is 2.61. The van der Waals surface area contributed by atoms with Crippen molar-refractivity contribution >= 4 is 27.9 Å². The number of anilines is 2. The van der Waals surface area contributed by atoms with Crippen molar-refractivity contribution in [2.24, 2.45) is 0 Å². The third-order valence-electron chi connectivity index (χ3n) is 9.47. The lowest BCUT2D eigenvalue weighted by atomic mass is 9.91. The summed E-state index contributed by atoms with van der Waals surface area (Å²) in [6.45, 7) is 1.80. The number of aliphatic hydroxyl groups excluding tert-OH is 1. The minimum absolute atomic E-state index is 0.0330. The van der Waals surface area contributed by atoms with Gasteiger partial charge in [0, 0.05) is 63.7 Å². The van der Waals surface area contributed by atoms with Crippen LogP contribution in [0.2, 0.25) is 0 Å². The molecule has 1 amide bonds. The van der Waals surface area contributed by atoms with E-state index in [-0.39, 0.29) is 37.0 Å². The Morgan fingerprint density at radius 3 is 2.68 bits per heavy atom. The first-order chi connectivity index (χ1) is 19.8. The fraction of sp³-hybridized carbons (Fsp3) is 0.821. The average molecular weight is 593 g/mol. The van der Waals surface area contributed by atoms with Crippen LogP contribution in [-0.2, 0) is 29.9 Å². The number of aliphatic hydroxyl groups is 1. The third-order valence-corrected chi connectivity index (χ3v) is 11.5. The number of ether oxygens (including phenoxy) is 2. The molecule has 0 radical (unpaired) electrons. The van der Waals surface area contributed by atoms with E-state index in [4.69, 9.17) is 19.6 Å². The molecule has 3 aliphatic heterocycles. The minimum atomic E-state index is -3.55. The van der Waals surface area contributed by atoms with Crippen LogP contribution in [0, 0.1) is 0 Å². The Hall–Kier alpha value is -1.90. The van der Waals surface area contributed by atoms with E-state index in [1.54, 1.807) is 7.05 Å². The van der Waals surface area contributed by atoms with E-state index >= 15 is 0 Å². The predicted octanol–water partition coefficient (Wildman–Crippen LogP) is 2.14. The van der Waals surface area contributed by atoms with Gasteiger partial charge in [-0.1, -0.05) is 0 Å². The second-order valence-corrected chi connectivity index (χ2v) is 14.3. The normalized spacial score (nSPS) is 28.8. The van der Waals surface area contributed by atoms with Crippen LogP contribution < -0.4 is 10.2 Å². The van der Waals surface area contributed by atoms with E-state index in [0.29, 0.717) is 44.8 Å². The van der Waals surface area contributed by atoms with E-state index < -0.39 is 15.6 Å². The molecule has 5 aliphatic rings. The largest absolute Gasteiger partial charge is 0.396 e. The van der Waals surface area contributed by atoms with Crippen LogP contribution in [0.4, 0.5) is 11.8 Å². The lowest BCUT2D eigenvalue weighted by Gasteiger charge is -2.37. The fourth-order valence-corrected chi connectivity index (χ4v) is 8.31. The van der Waals surface area contributed by atoms with Gasteiger partial charge in [-0.25, -0.2) is 4.98 Å². The third kappa shape index (κ3) is 5.85. The standard InChI is InChI=1S/C28H44N6O6S/c1-32(13-5-16-35)41(37,38)33-14-9-20(10-15-33)30-27-29-19-23-25(31-27)34(26(36)28(23)11-12-28)21-6-4-7-22(18-21)40-24-8-2-3-17-39-24/h19-22,24,35H,2-18H2,1H3,(H,29,30,31)/t21-,22-,24?/m1/s1. The molecule has 3 atom stereocenters. The summed E-state index contributed by atoms with van der Waals surface area (Å²) in [5, 5.41) is 12.5. The van der Waals surface area contributed by atoms with Crippen molar-refractivity contribution in [3.05, 3.63) is 11.8 Å². The Morgan fingerprint density at radius 2 is 1.98 bits per heavy atom. The SMILES string of the molecule is CN(CCCO)S(=O)(=O)N1CCC(Nc2ncc3c(n2)N([C@@H]2CCC[C@@H](OC4CCCCO4)C2)C(=O)C32CC2)CC1. The summed E-state index contributed by atoms with van der Waals surface area (Å²) < 4.78 is 40.7. The van der Waals surface area contributed by atoms with E-state index in [2.05, 4.69) is 10.3 Å². The van der Waals surface area contributed by atoms with Crippen molar-refractivity contribution in [2.45, 2.75) is 107 Å². The lowest BCUT2D eigenvalue weighted by Crippen LogP contribution is -2.48. The van der Waals surface area contributed by atoms with Crippen molar-refractivity contribution < 1.29 is 27.8 Å². The molecule has 4 fully saturated rings. The van der Waals surface area contributed by atoms with Crippen LogP contribution in [-0.4, -0.2) is 102 Å². The molecule has 0 aromatic carbocycles. The molecular formula is C28H44N6O6S. The zero-order valence-electron chi connectivity index (χ0n) is 24.0. The molecule has 2 N–H and O–H groups in total. The summed E-state index contributed by atoms with van der Waals surface area (Å²) in [5.74, 6) is 1.37. The van der Waals surface area contributed by atoms with E-state index in [1.807, 2.05) is 11.1 Å². The quantitative estimate of drug-likeness (QED) is 0.419. The van der Waals surface area contributed by atoms with Gasteiger partial charge in [0.05, 0.1) is 11.5 Å². The first-order valence-electron chi connectivity index (χ1n) is 15.4. The number of amides is 1. The first-order valence-corrected chi connectivity index (χ1v) is 16.8. The fourth-order valence-electron chi connectivity index (χ4n) is 6.88. The van der Waals surface area contributed by atoms with Crippen LogP contribution in [0.1, 0.15) is 82.6 Å². The Bertz CT molecular complexity index is 1200. The summed E-state index contributed by atoms with van der Waals surface area (Å²) >= 11 is 0. The average Bonchev–Trinajstić information content (AvgIpc) is 3.75. The number of aromatic nitrogens is 2. The molecule has 41 heavy (non-hydrogen) atoms. The number of piperidine rings is 1. The molecule has 1 aromatic rings. The van der Waals surface area contributed by atoms with E-state index in [9.17, 15) is 13.2 Å². The summed E-state index contributed by atoms with van der Waals surface area (Å²) in [5.41, 5.74) is 0.481. The van der Waals surface area contributed by atoms with Crippen molar-refractivity contribution in [1.29, 1.82) is 0 Å². The summed E-state index contributed by atoms with van der Waals surface area (Å²) in [7, 11) is -2.00. The van der Waals surface area contributed by atoms with Gasteiger partial charge in [0.15, 0.2) is 6.29 Å². The smallest absolute Gasteiger partial charge is 0.281 e. The van der Waals surface area contributed by atoms with E-state index in [0.717, 1.165) is 75.8 Å². The van der Waals surface area contributed by atoms with Crippen LogP contribution >= 0.6 is 0 Å². The number of carbonyl (C=O) groups excluding carboxylic acids is 1. The summed E-state index contributed by atoms with van der Waals surface area (Å²) in [4.78, 5) is 25.3. The maximum absolute atomic E-state index is 13.8. The number of nitrogens with one attached hydrogen (secondary N) is 1. The van der Waals surface area contributed by atoms with Gasteiger partial charge < -0.3 is 19.9 Å². The predicted molar refractivity (Wildman–Crippen MR) is 153 cm³/mol. The van der Waals surface area contributed by atoms with Gasteiger partial charge in [0.2, 0.25) is 11.9 Å². The van der Waals surface area contributed by atoms with Crippen molar-refractivity contribution in [2.75, 3.05) is 50.1 Å². The van der Waals surface area contributed by atoms with Crippen molar-refractivity contribution in [1.82, 2.24) is 18.6 Å². The monoisotopic (exact) mass is 592 g/mol. The maximum atomic E-state index is 13.8. The van der Waals surface area contributed by atoms with Crippen LogP contribution in [0.3, 0.4) is 0 Å². The van der Waals surface area contributed by atoms with Gasteiger partial charge in [-0.2, -0.15) is 22.0 Å². The molecule has 12 nitrogen and oxygen atoms in total. The van der Waals surface area contributed by atoms with Gasteiger partial charge in [-0.15, -0.1) is 0 Å². The second kappa shape index (κ2) is 12.0. The molecule has 2 aliphatic carbocycles. The zero-order chi connectivity index (χ0) is 28.6. The minimum Gasteiger partial charge on any atom is -0.396 e. The topological polar surface area (TPSA) is 137 Å². The zero-order valence-corrected chi connectivity index (χ0v) is 24.9. The highest BCUT2D eigenvalue weighted by Crippen LogP contribution is 2.57. The molecule has 0 bridgehead atoms. The van der Waals surface area contributed by atoms with Gasteiger partial charge in [-0.3, -0.25) is 9.69 Å². The van der Waals surface area contributed by atoms with Crippen LogP contribution in [0.5, 0.6) is 0 Å². The van der Waals surface area contributed by atoms with Crippen LogP contribution in [0.15, 0.2) is 6.20 Å². The van der Waals surface area contributed by atoms with Crippen LogP contribution in [0.25, 0.3) is 0 Å². The molecule has 2 saturated carbocycles. The maximum Gasteiger partial charge on any atom is 0.281 e. The lowest BCUT2D eigenvalue weighted by molar-refractivity contribution is -0.193. The van der Waals surface area contributed by atoms with Gasteiger partial charge >= 0.3 is 0 Å². The molecule has 13 heteroatoms. The van der Waals surface area contributed by atoms with Gasteiger partial charge in [0.1, 0.15) is 5.82 Å². The highest BCUT2D eigenvalue weighted by molar-refractivity contribution is 7.86. The molecular weight excluding hydrogens is 548 g/mol. The molecule has 6 rings (SSSR count). The van der Waals surface area contributed by atoms with Gasteiger partial charge in [0.25, 0.3) is 10.2 Å². The number of carbonyl (C=O) groups is 1. The van der Waals surface area contributed by atoms with Crippen molar-refractivity contribution in [3.63, 3.8) is 0 Å². The van der Waals surface area contributed by atoms with E-state index in [1.165, 1.54) is 8.61 Å². The number of fused-ring (bicyclic) bond motifs is 2. The molecule has 1 unspecified atom stereocenters. The number of hydrogen-bond donors (Lipinski definition) is 2. The summed E-state index contributed by atoms with van der Waals surface area (Å²) in [6, 6.07) is 0.0771. The Labute approximate surface area is 243 Å². The first kappa shape index (κ1) is 29.2. The number of hydrogen-bond acceptors (Lipinski definition) is 9. The Balaban J connectivity index is 1.11. The van der Waals surface area contributed by atoms with Gasteiger partial charge in [-0.05, 0) is 77.0 Å².